The van der Waals surface area contributed by atoms with Crippen LogP contribution in [0.1, 0.15) is 40.3 Å². The maximum absolute atomic E-state index is 14.0. The maximum Gasteiger partial charge on any atom is 0.278 e. The lowest BCUT2D eigenvalue weighted by Gasteiger charge is -2.47. The van der Waals surface area contributed by atoms with E-state index in [0.717, 1.165) is 42.7 Å². The van der Waals surface area contributed by atoms with Gasteiger partial charge in [-0.1, -0.05) is 17.4 Å². The van der Waals surface area contributed by atoms with Gasteiger partial charge < -0.3 is 10.0 Å². The van der Waals surface area contributed by atoms with Crippen molar-refractivity contribution in [2.45, 2.75) is 31.8 Å². The van der Waals surface area contributed by atoms with E-state index in [-0.39, 0.29) is 40.3 Å². The standard InChI is InChI=1S/C21H19F2N5O3S/c1-26-16-4-2-3-7-27(16)21(31)17-19(30)18(29)13(10-28(17)26)20-25-24-15(32-20)8-11-5-6-12(22)9-14(11)23/h5-6,9-10,16,30H,2-4,7-8H2,1H3. The molecule has 0 aliphatic carbocycles. The van der Waals surface area contributed by atoms with Crippen LogP contribution in [-0.4, -0.2) is 50.5 Å². The number of rotatable bonds is 3. The Kier molecular flexibility index (Phi) is 4.92. The fourth-order valence-corrected chi connectivity index (χ4v) is 5.14. The Hall–Kier alpha value is -3.34. The van der Waals surface area contributed by atoms with E-state index < -0.39 is 22.8 Å². The molecule has 2 aliphatic heterocycles. The summed E-state index contributed by atoms with van der Waals surface area (Å²) in [5.74, 6) is -2.37. The number of piperidine rings is 1. The van der Waals surface area contributed by atoms with E-state index in [0.29, 0.717) is 11.6 Å². The zero-order valence-corrected chi connectivity index (χ0v) is 17.9. The lowest BCUT2D eigenvalue weighted by atomic mass is 10.0. The summed E-state index contributed by atoms with van der Waals surface area (Å²) in [5, 5.41) is 21.2. The molecule has 1 aromatic carbocycles. The second kappa shape index (κ2) is 7.66. The molecule has 1 fully saturated rings. The highest BCUT2D eigenvalue weighted by Gasteiger charge is 2.40. The number of hydrogen-bond acceptors (Lipinski definition) is 7. The third kappa shape index (κ3) is 3.24. The van der Waals surface area contributed by atoms with Crippen molar-refractivity contribution < 1.29 is 18.7 Å². The first-order chi connectivity index (χ1) is 15.3. The fourth-order valence-electron chi connectivity index (χ4n) is 4.27. The Labute approximate surface area is 185 Å². The first-order valence-corrected chi connectivity index (χ1v) is 11.0. The van der Waals surface area contributed by atoms with E-state index in [1.807, 2.05) is 5.01 Å². The van der Waals surface area contributed by atoms with E-state index in [2.05, 4.69) is 10.2 Å². The first kappa shape index (κ1) is 20.6. The average Bonchev–Trinajstić information content (AvgIpc) is 3.24. The monoisotopic (exact) mass is 459 g/mol. The van der Waals surface area contributed by atoms with Gasteiger partial charge in [-0.2, -0.15) is 0 Å². The van der Waals surface area contributed by atoms with Gasteiger partial charge in [-0.25, -0.2) is 8.78 Å². The number of hydrogen-bond donors (Lipinski definition) is 1. The minimum Gasteiger partial charge on any atom is -0.502 e. The molecule has 1 atom stereocenters. The Morgan fingerprint density at radius 1 is 1.22 bits per heavy atom. The zero-order chi connectivity index (χ0) is 22.6. The molecule has 166 valence electrons. The Bertz CT molecular complexity index is 1290. The number of nitrogens with zero attached hydrogens (tertiary/aromatic N) is 5. The van der Waals surface area contributed by atoms with Gasteiger partial charge >= 0.3 is 0 Å². The molecular weight excluding hydrogens is 440 g/mol. The first-order valence-electron chi connectivity index (χ1n) is 10.1. The number of halogens is 2. The van der Waals surface area contributed by atoms with Crippen LogP contribution in [0.3, 0.4) is 0 Å². The van der Waals surface area contributed by atoms with Crippen molar-refractivity contribution in [3.63, 3.8) is 0 Å². The highest BCUT2D eigenvalue weighted by Crippen LogP contribution is 2.31. The maximum atomic E-state index is 14.0. The number of fused-ring (bicyclic) bond motifs is 2. The number of aromatic nitrogens is 3. The van der Waals surface area contributed by atoms with Gasteiger partial charge in [-0.15, -0.1) is 10.2 Å². The van der Waals surface area contributed by atoms with Crippen molar-refractivity contribution in [3.05, 3.63) is 62.5 Å². The lowest BCUT2D eigenvalue weighted by molar-refractivity contribution is 0.0498. The normalized spacial score (nSPS) is 18.0. The fraction of sp³-hybridized carbons (Fsp3) is 0.333. The second-order valence-corrected chi connectivity index (χ2v) is 8.94. The number of carbonyl (C=O) groups is 1. The van der Waals surface area contributed by atoms with Crippen molar-refractivity contribution >= 4 is 17.2 Å². The summed E-state index contributed by atoms with van der Waals surface area (Å²) in [6.45, 7) is 0.572. The third-order valence-corrected chi connectivity index (χ3v) is 6.88. The van der Waals surface area contributed by atoms with Crippen LogP contribution in [0, 0.1) is 11.6 Å². The predicted molar refractivity (Wildman–Crippen MR) is 113 cm³/mol. The molecular formula is C21H19F2N5O3S. The highest BCUT2D eigenvalue weighted by atomic mass is 32.1. The van der Waals surface area contributed by atoms with Crippen LogP contribution < -0.4 is 10.4 Å². The number of pyridine rings is 1. The van der Waals surface area contributed by atoms with Crippen molar-refractivity contribution in [3.8, 4) is 16.3 Å². The molecule has 5 rings (SSSR count). The van der Waals surface area contributed by atoms with E-state index >= 15 is 0 Å². The molecule has 0 bridgehead atoms. The van der Waals surface area contributed by atoms with Crippen LogP contribution in [0.15, 0.2) is 29.2 Å². The van der Waals surface area contributed by atoms with E-state index in [9.17, 15) is 23.5 Å². The van der Waals surface area contributed by atoms with Crippen LogP contribution in [0.2, 0.25) is 0 Å². The van der Waals surface area contributed by atoms with Crippen molar-refractivity contribution in [1.82, 2.24) is 19.8 Å². The third-order valence-electron chi connectivity index (χ3n) is 5.92. The molecule has 2 aromatic heterocycles. The van der Waals surface area contributed by atoms with Gasteiger partial charge in [-0.3, -0.25) is 19.3 Å². The number of benzene rings is 1. The molecule has 11 heteroatoms. The second-order valence-electron chi connectivity index (χ2n) is 7.88. The largest absolute Gasteiger partial charge is 0.502 e. The molecule has 1 amide bonds. The SMILES string of the molecule is CN1C2CCCCN2C(=O)c2c(O)c(=O)c(-c3nnc(Cc4ccc(F)cc4F)s3)cn21. The van der Waals surface area contributed by atoms with Crippen molar-refractivity contribution in [2.75, 3.05) is 18.6 Å². The smallest absolute Gasteiger partial charge is 0.278 e. The van der Waals surface area contributed by atoms with E-state index in [1.54, 1.807) is 11.9 Å². The summed E-state index contributed by atoms with van der Waals surface area (Å²) in [4.78, 5) is 27.5. The number of amides is 1. The van der Waals surface area contributed by atoms with Crippen LogP contribution >= 0.6 is 11.3 Å². The van der Waals surface area contributed by atoms with Gasteiger partial charge in [0.05, 0.1) is 5.56 Å². The van der Waals surface area contributed by atoms with Crippen LogP contribution in [0.4, 0.5) is 8.78 Å². The van der Waals surface area contributed by atoms with Gasteiger partial charge in [0, 0.05) is 32.3 Å². The summed E-state index contributed by atoms with van der Waals surface area (Å²) < 4.78 is 28.6. The molecule has 0 saturated carbocycles. The van der Waals surface area contributed by atoms with Gasteiger partial charge in [0.15, 0.2) is 16.5 Å². The Balaban J connectivity index is 1.53. The number of aromatic hydroxyl groups is 1. The Morgan fingerprint density at radius 2 is 2.03 bits per heavy atom. The Morgan fingerprint density at radius 3 is 2.81 bits per heavy atom. The van der Waals surface area contributed by atoms with Gasteiger partial charge in [0.2, 0.25) is 5.43 Å². The lowest BCUT2D eigenvalue weighted by Crippen LogP contribution is -2.61. The summed E-state index contributed by atoms with van der Waals surface area (Å²) in [5.41, 5.74) is -0.443. The summed E-state index contributed by atoms with van der Waals surface area (Å²) >= 11 is 1.07. The van der Waals surface area contributed by atoms with Crippen LogP contribution in [-0.2, 0) is 6.42 Å². The topological polar surface area (TPSA) is 91.6 Å². The quantitative estimate of drug-likeness (QED) is 0.647. The summed E-state index contributed by atoms with van der Waals surface area (Å²) in [6.07, 6.45) is 4.05. The number of carbonyl (C=O) groups excluding carboxylic acids is 1. The van der Waals surface area contributed by atoms with Gasteiger partial charge in [0.25, 0.3) is 5.91 Å². The zero-order valence-electron chi connectivity index (χ0n) is 17.1. The van der Waals surface area contributed by atoms with Gasteiger partial charge in [0.1, 0.15) is 22.8 Å². The minimum absolute atomic E-state index is 0.0717. The van der Waals surface area contributed by atoms with E-state index in [1.165, 1.54) is 16.9 Å². The molecule has 0 spiro atoms. The van der Waals surface area contributed by atoms with Crippen molar-refractivity contribution in [1.29, 1.82) is 0 Å². The molecule has 8 nitrogen and oxygen atoms in total. The van der Waals surface area contributed by atoms with Gasteiger partial charge in [-0.05, 0) is 30.9 Å². The molecule has 2 aliphatic rings. The summed E-state index contributed by atoms with van der Waals surface area (Å²) in [7, 11) is 1.80. The molecule has 1 saturated heterocycles. The van der Waals surface area contributed by atoms with Crippen LogP contribution in [0.25, 0.3) is 10.6 Å². The molecule has 1 N–H and O–H groups in total. The van der Waals surface area contributed by atoms with Crippen molar-refractivity contribution in [2.24, 2.45) is 0 Å². The predicted octanol–water partition coefficient (Wildman–Crippen LogP) is 2.48. The van der Waals surface area contributed by atoms with E-state index in [4.69, 9.17) is 0 Å². The van der Waals surface area contributed by atoms with Crippen LogP contribution in [0.5, 0.6) is 5.75 Å². The average molecular weight is 459 g/mol. The molecule has 3 aromatic rings. The minimum atomic E-state index is -0.718. The highest BCUT2D eigenvalue weighted by molar-refractivity contribution is 7.14. The molecule has 4 heterocycles. The molecule has 1 unspecified atom stereocenters. The molecule has 32 heavy (non-hydrogen) atoms. The molecule has 0 radical (unpaired) electrons. The summed E-state index contributed by atoms with van der Waals surface area (Å²) in [6, 6.07) is 3.30.